The van der Waals surface area contributed by atoms with Gasteiger partial charge in [-0.2, -0.15) is 0 Å². The molecule has 13 heavy (non-hydrogen) atoms. The minimum atomic E-state index is 0.927. The molecule has 1 aromatic carbocycles. The molecule has 3 aromatic rings. The van der Waals surface area contributed by atoms with Crippen LogP contribution >= 0.6 is 15.9 Å². The number of halogens is 1. The van der Waals surface area contributed by atoms with E-state index in [0.717, 1.165) is 26.5 Å². The third-order valence-electron chi connectivity index (χ3n) is 2.18. The molecule has 0 atom stereocenters. The first kappa shape index (κ1) is 7.21. The van der Waals surface area contributed by atoms with Crippen molar-refractivity contribution >= 4 is 37.9 Å². The Morgan fingerprint density at radius 3 is 3.08 bits per heavy atom. The average molecular weight is 236 g/mol. The summed E-state index contributed by atoms with van der Waals surface area (Å²) in [5.74, 6) is 0. The van der Waals surface area contributed by atoms with E-state index >= 15 is 0 Å². The zero-order valence-electron chi connectivity index (χ0n) is 6.67. The summed E-state index contributed by atoms with van der Waals surface area (Å²) in [6.45, 7) is 0. The number of hydrogen-bond acceptors (Lipinski definition) is 1. The van der Waals surface area contributed by atoms with E-state index in [1.807, 2.05) is 24.3 Å². The molecular weight excluding hydrogens is 230 g/mol. The molecule has 0 aliphatic carbocycles. The number of aromatic amines is 1. The third kappa shape index (κ3) is 0.877. The van der Waals surface area contributed by atoms with Crippen LogP contribution in [0.15, 0.2) is 39.4 Å². The zero-order valence-corrected chi connectivity index (χ0v) is 8.26. The second-order valence-corrected chi connectivity index (χ2v) is 3.81. The molecule has 1 N–H and O–H groups in total. The van der Waals surface area contributed by atoms with Crippen molar-refractivity contribution in [2.75, 3.05) is 0 Å². The lowest BCUT2D eigenvalue weighted by Crippen LogP contribution is -1.69. The largest absolute Gasteiger partial charge is 0.462 e. The smallest absolute Gasteiger partial charge is 0.159 e. The molecule has 3 rings (SSSR count). The van der Waals surface area contributed by atoms with E-state index in [1.165, 1.54) is 0 Å². The monoisotopic (exact) mass is 235 g/mol. The predicted octanol–water partition coefficient (Wildman–Crippen LogP) is 3.68. The van der Waals surface area contributed by atoms with Gasteiger partial charge < -0.3 is 9.40 Å². The zero-order chi connectivity index (χ0) is 8.84. The van der Waals surface area contributed by atoms with E-state index in [4.69, 9.17) is 4.42 Å². The van der Waals surface area contributed by atoms with Gasteiger partial charge in [-0.05, 0) is 28.1 Å². The molecule has 2 aromatic heterocycles. The van der Waals surface area contributed by atoms with Crippen molar-refractivity contribution in [1.82, 2.24) is 4.98 Å². The van der Waals surface area contributed by atoms with Crippen LogP contribution in [0.4, 0.5) is 0 Å². The normalized spacial score (nSPS) is 11.5. The number of fused-ring (bicyclic) bond motifs is 3. The van der Waals surface area contributed by atoms with Gasteiger partial charge in [0.2, 0.25) is 0 Å². The van der Waals surface area contributed by atoms with Gasteiger partial charge in [-0.3, -0.25) is 0 Å². The molecule has 0 radical (unpaired) electrons. The van der Waals surface area contributed by atoms with E-state index < -0.39 is 0 Å². The van der Waals surface area contributed by atoms with Crippen molar-refractivity contribution < 1.29 is 4.42 Å². The van der Waals surface area contributed by atoms with Crippen LogP contribution in [0.5, 0.6) is 0 Å². The Kier molecular flexibility index (Phi) is 1.32. The molecule has 0 saturated carbocycles. The maximum absolute atomic E-state index is 5.37. The van der Waals surface area contributed by atoms with E-state index in [0.29, 0.717) is 0 Å². The SMILES string of the molecule is Brc1cccc2c1[nH]c1ccoc12. The summed E-state index contributed by atoms with van der Waals surface area (Å²) in [7, 11) is 0. The molecule has 3 heteroatoms. The standard InChI is InChI=1S/C10H6BrNO/c11-7-3-1-2-6-9(7)12-8-4-5-13-10(6)8/h1-5,12H. The Morgan fingerprint density at radius 2 is 2.15 bits per heavy atom. The number of para-hydroxylation sites is 1. The lowest BCUT2D eigenvalue weighted by Gasteiger charge is -1.91. The maximum Gasteiger partial charge on any atom is 0.159 e. The van der Waals surface area contributed by atoms with Crippen molar-refractivity contribution in [2.24, 2.45) is 0 Å². The quantitative estimate of drug-likeness (QED) is 0.633. The summed E-state index contributed by atoms with van der Waals surface area (Å²) in [6, 6.07) is 7.99. The lowest BCUT2D eigenvalue weighted by molar-refractivity contribution is 0.619. The summed E-state index contributed by atoms with van der Waals surface area (Å²) in [4.78, 5) is 3.29. The fraction of sp³-hybridized carbons (Fsp3) is 0. The van der Waals surface area contributed by atoms with Crippen LogP contribution in [0.3, 0.4) is 0 Å². The van der Waals surface area contributed by atoms with Crippen LogP contribution < -0.4 is 0 Å². The molecule has 2 nitrogen and oxygen atoms in total. The molecule has 0 aliphatic rings. The topological polar surface area (TPSA) is 28.9 Å². The minimum absolute atomic E-state index is 0.927. The molecule has 0 bridgehead atoms. The summed E-state index contributed by atoms with van der Waals surface area (Å²) >= 11 is 3.49. The van der Waals surface area contributed by atoms with Gasteiger partial charge in [-0.1, -0.05) is 6.07 Å². The van der Waals surface area contributed by atoms with Gasteiger partial charge in [0.25, 0.3) is 0 Å². The Balaban J connectivity index is 2.66. The van der Waals surface area contributed by atoms with Gasteiger partial charge in [0, 0.05) is 15.9 Å². The second-order valence-electron chi connectivity index (χ2n) is 2.95. The number of rotatable bonds is 0. The number of aromatic nitrogens is 1. The third-order valence-corrected chi connectivity index (χ3v) is 2.84. The van der Waals surface area contributed by atoms with Crippen LogP contribution in [0, 0.1) is 0 Å². The Hall–Kier alpha value is -1.22. The number of H-pyrrole nitrogens is 1. The molecule has 64 valence electrons. The first-order valence-corrected chi connectivity index (χ1v) is 4.79. The highest BCUT2D eigenvalue weighted by atomic mass is 79.9. The number of benzene rings is 1. The van der Waals surface area contributed by atoms with E-state index in [-0.39, 0.29) is 0 Å². The second kappa shape index (κ2) is 2.39. The van der Waals surface area contributed by atoms with E-state index in [9.17, 15) is 0 Å². The van der Waals surface area contributed by atoms with Crippen molar-refractivity contribution in [1.29, 1.82) is 0 Å². The van der Waals surface area contributed by atoms with Crippen LogP contribution in [0.2, 0.25) is 0 Å². The average Bonchev–Trinajstić information content (AvgIpc) is 2.65. The van der Waals surface area contributed by atoms with Crippen molar-refractivity contribution in [3.8, 4) is 0 Å². The maximum atomic E-state index is 5.37. The Morgan fingerprint density at radius 1 is 1.23 bits per heavy atom. The van der Waals surface area contributed by atoms with Crippen LogP contribution in [0.25, 0.3) is 22.0 Å². The van der Waals surface area contributed by atoms with Crippen molar-refractivity contribution in [3.05, 3.63) is 35.0 Å². The molecular formula is C10H6BrNO. The molecule has 2 heterocycles. The van der Waals surface area contributed by atoms with Crippen LogP contribution in [-0.4, -0.2) is 4.98 Å². The summed E-state index contributed by atoms with van der Waals surface area (Å²) in [5.41, 5.74) is 3.06. The van der Waals surface area contributed by atoms with Gasteiger partial charge in [-0.15, -0.1) is 0 Å². The first-order chi connectivity index (χ1) is 6.36. The van der Waals surface area contributed by atoms with Crippen molar-refractivity contribution in [3.63, 3.8) is 0 Å². The minimum Gasteiger partial charge on any atom is -0.462 e. The van der Waals surface area contributed by atoms with E-state index in [1.54, 1.807) is 6.26 Å². The van der Waals surface area contributed by atoms with Gasteiger partial charge >= 0.3 is 0 Å². The molecule has 0 unspecified atom stereocenters. The highest BCUT2D eigenvalue weighted by molar-refractivity contribution is 9.10. The van der Waals surface area contributed by atoms with Crippen LogP contribution in [0.1, 0.15) is 0 Å². The summed E-state index contributed by atoms with van der Waals surface area (Å²) in [5, 5.41) is 1.12. The van der Waals surface area contributed by atoms with Crippen LogP contribution in [-0.2, 0) is 0 Å². The van der Waals surface area contributed by atoms with Crippen molar-refractivity contribution in [2.45, 2.75) is 0 Å². The number of nitrogens with one attached hydrogen (secondary N) is 1. The molecule has 0 amide bonds. The summed E-state index contributed by atoms with van der Waals surface area (Å²) in [6.07, 6.45) is 1.70. The molecule has 0 spiro atoms. The first-order valence-electron chi connectivity index (χ1n) is 3.99. The van der Waals surface area contributed by atoms with Gasteiger partial charge in [0.1, 0.15) is 0 Å². The predicted molar refractivity (Wildman–Crippen MR) is 55.8 cm³/mol. The molecule has 0 fully saturated rings. The Bertz CT molecular complexity index is 579. The number of hydrogen-bond donors (Lipinski definition) is 1. The van der Waals surface area contributed by atoms with Gasteiger partial charge in [-0.25, -0.2) is 0 Å². The highest BCUT2D eigenvalue weighted by Crippen LogP contribution is 2.30. The fourth-order valence-corrected chi connectivity index (χ4v) is 2.06. The van der Waals surface area contributed by atoms with E-state index in [2.05, 4.69) is 20.9 Å². The lowest BCUT2D eigenvalue weighted by atomic mass is 10.2. The van der Waals surface area contributed by atoms with Gasteiger partial charge in [0.05, 0.1) is 17.3 Å². The summed E-state index contributed by atoms with van der Waals surface area (Å²) < 4.78 is 6.44. The van der Waals surface area contributed by atoms with Gasteiger partial charge in [0.15, 0.2) is 5.58 Å². The fourth-order valence-electron chi connectivity index (χ4n) is 1.59. The molecule has 0 aliphatic heterocycles. The number of furan rings is 1. The molecule has 0 saturated heterocycles. The highest BCUT2D eigenvalue weighted by Gasteiger charge is 2.07. The Labute approximate surface area is 82.7 Å².